The minimum absolute atomic E-state index is 0.118. The quantitative estimate of drug-likeness (QED) is 0.141. The van der Waals surface area contributed by atoms with E-state index >= 15 is 0 Å². The minimum Gasteiger partial charge on any atom is -0.506 e. The van der Waals surface area contributed by atoms with Crippen LogP contribution in [0.4, 0.5) is 0 Å². The number of aromatic hydroxyl groups is 2. The Morgan fingerprint density at radius 3 is 1.32 bits per heavy atom. The van der Waals surface area contributed by atoms with Crippen molar-refractivity contribution in [3.63, 3.8) is 0 Å². The summed E-state index contributed by atoms with van der Waals surface area (Å²) in [5, 5.41) is 19.0. The number of hydrogen-bond donors (Lipinski definition) is 2. The number of pyridine rings is 2. The fourth-order valence-corrected chi connectivity index (χ4v) is 4.39. The summed E-state index contributed by atoms with van der Waals surface area (Å²) < 4.78 is 12.1. The summed E-state index contributed by atoms with van der Waals surface area (Å²) in [6.45, 7) is 1.72. The molecule has 8 nitrogen and oxygen atoms in total. The highest BCUT2D eigenvalue weighted by molar-refractivity contribution is 5.77. The standard InChI is InChI=1S/C36H34N4O4/c41-33-17-15-31(37-21-33)19-39-35(29-7-3-1-4-8-29)25-43-23-27-11-13-28(14-12-27)24-44-26-36(30-9-5-2-6-10-30)40-20-32-16-18-34(42)22-38-32/h1-22,35-36,41-42H,23-26H2/t35-,36-/m0/s1. The van der Waals surface area contributed by atoms with Crippen LogP contribution in [0.2, 0.25) is 0 Å². The summed E-state index contributed by atoms with van der Waals surface area (Å²) in [5.74, 6) is 0.237. The van der Waals surface area contributed by atoms with Gasteiger partial charge in [-0.05, 0) is 46.5 Å². The Kier molecular flexibility index (Phi) is 10.9. The first-order chi connectivity index (χ1) is 21.6. The predicted octanol–water partition coefficient (Wildman–Crippen LogP) is 6.64. The van der Waals surface area contributed by atoms with E-state index in [1.54, 1.807) is 36.7 Å². The van der Waals surface area contributed by atoms with Crippen LogP contribution in [-0.2, 0) is 22.7 Å². The molecule has 0 aliphatic heterocycles. The summed E-state index contributed by atoms with van der Waals surface area (Å²) in [6, 6.07) is 34.4. The molecule has 2 atom stereocenters. The topological polar surface area (TPSA) is 109 Å². The molecule has 0 saturated carbocycles. The highest BCUT2D eigenvalue weighted by Gasteiger charge is 2.11. The van der Waals surface area contributed by atoms with Crippen molar-refractivity contribution >= 4 is 12.4 Å². The first-order valence-corrected chi connectivity index (χ1v) is 14.3. The fourth-order valence-electron chi connectivity index (χ4n) is 4.39. The van der Waals surface area contributed by atoms with Gasteiger partial charge in [0.1, 0.15) is 11.5 Å². The lowest BCUT2D eigenvalue weighted by Gasteiger charge is -2.15. The molecule has 5 aromatic rings. The monoisotopic (exact) mass is 586 g/mol. The predicted molar refractivity (Wildman–Crippen MR) is 171 cm³/mol. The van der Waals surface area contributed by atoms with Crippen molar-refractivity contribution in [3.8, 4) is 11.5 Å². The maximum atomic E-state index is 9.48. The lowest BCUT2D eigenvalue weighted by atomic mass is 10.1. The van der Waals surface area contributed by atoms with Crippen LogP contribution < -0.4 is 0 Å². The summed E-state index contributed by atoms with van der Waals surface area (Å²) in [5.41, 5.74) is 5.53. The van der Waals surface area contributed by atoms with E-state index in [-0.39, 0.29) is 23.6 Å². The van der Waals surface area contributed by atoms with E-state index in [0.29, 0.717) is 37.8 Å². The molecule has 2 heterocycles. The molecule has 0 aliphatic rings. The van der Waals surface area contributed by atoms with E-state index in [9.17, 15) is 10.2 Å². The van der Waals surface area contributed by atoms with E-state index in [4.69, 9.17) is 19.5 Å². The molecule has 0 saturated heterocycles. The Balaban J connectivity index is 1.13. The molecule has 5 rings (SSSR count). The van der Waals surface area contributed by atoms with Gasteiger partial charge in [0.2, 0.25) is 0 Å². The third kappa shape index (κ3) is 9.42. The molecular formula is C36H34N4O4. The molecule has 0 amide bonds. The number of rotatable bonds is 14. The van der Waals surface area contributed by atoms with Gasteiger partial charge >= 0.3 is 0 Å². The van der Waals surface area contributed by atoms with Gasteiger partial charge in [0.25, 0.3) is 0 Å². The normalized spacial score (nSPS) is 12.9. The smallest absolute Gasteiger partial charge is 0.133 e. The van der Waals surface area contributed by atoms with Gasteiger partial charge < -0.3 is 19.7 Å². The van der Waals surface area contributed by atoms with Crippen LogP contribution in [0.3, 0.4) is 0 Å². The highest BCUT2D eigenvalue weighted by Crippen LogP contribution is 2.20. The van der Waals surface area contributed by atoms with Crippen molar-refractivity contribution in [3.05, 3.63) is 155 Å². The van der Waals surface area contributed by atoms with Crippen molar-refractivity contribution in [1.29, 1.82) is 0 Å². The maximum Gasteiger partial charge on any atom is 0.133 e. The summed E-state index contributed by atoms with van der Waals surface area (Å²) in [7, 11) is 0. The van der Waals surface area contributed by atoms with Gasteiger partial charge in [-0.3, -0.25) is 20.0 Å². The van der Waals surface area contributed by atoms with Crippen LogP contribution >= 0.6 is 0 Å². The number of nitrogens with zero attached hydrogens (tertiary/aromatic N) is 4. The first kappa shape index (κ1) is 30.3. The molecule has 0 bridgehead atoms. The van der Waals surface area contributed by atoms with Gasteiger partial charge in [-0.25, -0.2) is 0 Å². The van der Waals surface area contributed by atoms with Gasteiger partial charge in [0, 0.05) is 12.4 Å². The molecule has 2 aromatic heterocycles. The second-order valence-electron chi connectivity index (χ2n) is 10.1. The van der Waals surface area contributed by atoms with Crippen LogP contribution in [-0.4, -0.2) is 45.8 Å². The number of ether oxygens (including phenoxy) is 2. The Hall–Kier alpha value is -5.18. The molecule has 0 spiro atoms. The van der Waals surface area contributed by atoms with E-state index < -0.39 is 0 Å². The first-order valence-electron chi connectivity index (χ1n) is 14.3. The SMILES string of the molecule is Oc1ccc(C=N[C@@H](COCc2ccc(COC[C@H](N=Cc3ccc(O)cn3)c3ccccc3)cc2)c2ccccc2)nc1. The molecule has 222 valence electrons. The molecule has 44 heavy (non-hydrogen) atoms. The zero-order valence-electron chi connectivity index (χ0n) is 24.2. The molecule has 0 fully saturated rings. The fraction of sp³-hybridized carbons (Fsp3) is 0.167. The van der Waals surface area contributed by atoms with Gasteiger partial charge in [-0.1, -0.05) is 84.9 Å². The molecule has 0 aliphatic carbocycles. The molecule has 0 unspecified atom stereocenters. The van der Waals surface area contributed by atoms with Crippen LogP contribution in [0, 0.1) is 0 Å². The summed E-state index contributed by atoms with van der Waals surface area (Å²) in [6.07, 6.45) is 6.20. The van der Waals surface area contributed by atoms with Crippen LogP contribution in [0.5, 0.6) is 11.5 Å². The van der Waals surface area contributed by atoms with Gasteiger partial charge in [0.15, 0.2) is 0 Å². The lowest BCUT2D eigenvalue weighted by Crippen LogP contribution is -2.08. The van der Waals surface area contributed by atoms with Gasteiger partial charge in [-0.2, -0.15) is 0 Å². The summed E-state index contributed by atoms with van der Waals surface area (Å²) >= 11 is 0. The second kappa shape index (κ2) is 15.9. The molecule has 0 radical (unpaired) electrons. The average Bonchev–Trinajstić information content (AvgIpc) is 3.07. The van der Waals surface area contributed by atoms with Crippen molar-refractivity contribution < 1.29 is 19.7 Å². The third-order valence-corrected chi connectivity index (χ3v) is 6.80. The molecular weight excluding hydrogens is 552 g/mol. The lowest BCUT2D eigenvalue weighted by molar-refractivity contribution is 0.107. The number of hydrogen-bond acceptors (Lipinski definition) is 8. The number of benzene rings is 3. The Morgan fingerprint density at radius 1 is 0.545 bits per heavy atom. The van der Waals surface area contributed by atoms with E-state index in [2.05, 4.69) is 9.97 Å². The van der Waals surface area contributed by atoms with Crippen LogP contribution in [0.1, 0.15) is 45.7 Å². The van der Waals surface area contributed by atoms with Gasteiger partial charge in [0.05, 0.1) is 62.3 Å². The molecule has 8 heteroatoms. The Bertz CT molecular complexity index is 1490. The zero-order valence-corrected chi connectivity index (χ0v) is 24.2. The zero-order chi connectivity index (χ0) is 30.4. The second-order valence-corrected chi connectivity index (χ2v) is 10.1. The van der Waals surface area contributed by atoms with Crippen molar-refractivity contribution in [2.24, 2.45) is 9.98 Å². The van der Waals surface area contributed by atoms with Gasteiger partial charge in [-0.15, -0.1) is 0 Å². The van der Waals surface area contributed by atoms with Crippen LogP contribution in [0.25, 0.3) is 0 Å². The van der Waals surface area contributed by atoms with Crippen molar-refractivity contribution in [2.75, 3.05) is 13.2 Å². The Morgan fingerprint density at radius 2 is 0.955 bits per heavy atom. The highest BCUT2D eigenvalue weighted by atomic mass is 16.5. The Labute approximate surface area is 257 Å². The van der Waals surface area contributed by atoms with E-state index in [1.165, 1.54) is 12.4 Å². The number of aromatic nitrogens is 2. The molecule has 2 N–H and O–H groups in total. The van der Waals surface area contributed by atoms with Crippen LogP contribution in [0.15, 0.2) is 132 Å². The third-order valence-electron chi connectivity index (χ3n) is 6.80. The van der Waals surface area contributed by atoms with E-state index in [0.717, 1.165) is 22.3 Å². The summed E-state index contributed by atoms with van der Waals surface area (Å²) in [4.78, 5) is 17.8. The number of aliphatic imine (C=N–C) groups is 2. The average molecular weight is 587 g/mol. The maximum absolute atomic E-state index is 9.48. The largest absolute Gasteiger partial charge is 0.506 e. The van der Waals surface area contributed by atoms with Crippen molar-refractivity contribution in [1.82, 2.24) is 9.97 Å². The van der Waals surface area contributed by atoms with E-state index in [1.807, 2.05) is 84.9 Å². The van der Waals surface area contributed by atoms with Crippen molar-refractivity contribution in [2.45, 2.75) is 25.3 Å². The molecule has 3 aromatic carbocycles. The minimum atomic E-state index is -0.190.